The minimum Gasteiger partial charge on any atom is -0.365 e. The quantitative estimate of drug-likeness (QED) is 0.841. The first-order valence-corrected chi connectivity index (χ1v) is 8.41. The Kier molecular flexibility index (Phi) is 5.83. The predicted molar refractivity (Wildman–Crippen MR) is 93.9 cm³/mol. The van der Waals surface area contributed by atoms with E-state index in [1.807, 2.05) is 38.1 Å². The minimum absolute atomic E-state index is 0.0719. The van der Waals surface area contributed by atoms with Crippen LogP contribution in [0, 0.1) is 0 Å². The molecule has 1 saturated carbocycles. The van der Waals surface area contributed by atoms with Gasteiger partial charge in [0, 0.05) is 26.4 Å². The number of hydrogen-bond acceptors (Lipinski definition) is 3. The Hall–Kier alpha value is -2.08. The number of anilines is 1. The Morgan fingerprint density at radius 2 is 1.88 bits per heavy atom. The van der Waals surface area contributed by atoms with Crippen LogP contribution in [0.15, 0.2) is 24.3 Å². The van der Waals surface area contributed by atoms with E-state index in [1.54, 1.807) is 14.1 Å². The Morgan fingerprint density at radius 3 is 2.33 bits per heavy atom. The molecule has 1 aliphatic rings. The van der Waals surface area contributed by atoms with Crippen LogP contribution in [-0.2, 0) is 9.53 Å². The van der Waals surface area contributed by atoms with Crippen LogP contribution in [0.1, 0.15) is 44.7 Å². The third kappa shape index (κ3) is 4.06. The molecule has 1 aromatic carbocycles. The van der Waals surface area contributed by atoms with Crippen molar-refractivity contribution in [1.29, 1.82) is 0 Å². The zero-order chi connectivity index (χ0) is 17.7. The summed E-state index contributed by atoms with van der Waals surface area (Å²) in [6.45, 7) is 4.37. The van der Waals surface area contributed by atoms with Crippen LogP contribution >= 0.6 is 0 Å². The smallest absolute Gasteiger partial charge is 0.317 e. The summed E-state index contributed by atoms with van der Waals surface area (Å²) in [6.07, 6.45) is 2.58. The molecule has 2 N–H and O–H groups in total. The first kappa shape index (κ1) is 18.3. The molecule has 1 unspecified atom stereocenters. The first-order chi connectivity index (χ1) is 11.4. The number of hydrogen-bond donors (Lipinski definition) is 2. The van der Waals surface area contributed by atoms with Crippen molar-refractivity contribution in [3.63, 3.8) is 0 Å². The fourth-order valence-corrected chi connectivity index (χ4v) is 2.71. The van der Waals surface area contributed by atoms with E-state index in [2.05, 4.69) is 10.6 Å². The largest absolute Gasteiger partial charge is 0.365 e. The number of benzene rings is 1. The molecule has 1 aromatic rings. The van der Waals surface area contributed by atoms with Gasteiger partial charge >= 0.3 is 6.03 Å². The number of nitrogens with one attached hydrogen (secondary N) is 2. The van der Waals surface area contributed by atoms with E-state index in [-0.39, 0.29) is 18.0 Å². The molecule has 0 radical (unpaired) electrons. The van der Waals surface area contributed by atoms with Crippen molar-refractivity contribution >= 4 is 17.6 Å². The van der Waals surface area contributed by atoms with Crippen LogP contribution in [0.4, 0.5) is 10.5 Å². The molecule has 1 aliphatic carbocycles. The number of carbonyl (C=O) groups excluding carboxylic acids is 2. The maximum atomic E-state index is 12.4. The van der Waals surface area contributed by atoms with E-state index in [9.17, 15) is 9.59 Å². The van der Waals surface area contributed by atoms with Gasteiger partial charge in [-0.2, -0.15) is 0 Å². The van der Waals surface area contributed by atoms with Gasteiger partial charge in [0.25, 0.3) is 5.91 Å². The highest BCUT2D eigenvalue weighted by atomic mass is 16.5. The SMILES string of the molecule is CCOC1(C(=O)Nc2ccc(C(C)NC(=O)N(C)C)cc2)CCC1. The Balaban J connectivity index is 1.96. The van der Waals surface area contributed by atoms with Crippen LogP contribution < -0.4 is 10.6 Å². The van der Waals surface area contributed by atoms with Crippen molar-refractivity contribution in [2.45, 2.75) is 44.8 Å². The van der Waals surface area contributed by atoms with Crippen LogP contribution in [0.3, 0.4) is 0 Å². The Morgan fingerprint density at radius 1 is 1.25 bits per heavy atom. The second kappa shape index (κ2) is 7.66. The van der Waals surface area contributed by atoms with E-state index in [0.717, 1.165) is 30.5 Å². The number of urea groups is 1. The van der Waals surface area contributed by atoms with Crippen molar-refractivity contribution in [2.24, 2.45) is 0 Å². The van der Waals surface area contributed by atoms with Gasteiger partial charge in [-0.3, -0.25) is 4.79 Å². The summed E-state index contributed by atoms with van der Waals surface area (Å²) in [7, 11) is 3.41. The van der Waals surface area contributed by atoms with Gasteiger partial charge in [0.15, 0.2) is 0 Å². The van der Waals surface area contributed by atoms with Gasteiger partial charge in [0.1, 0.15) is 5.60 Å². The molecule has 0 aliphatic heterocycles. The number of rotatable bonds is 6. The highest BCUT2D eigenvalue weighted by Gasteiger charge is 2.45. The molecular weight excluding hydrogens is 306 g/mol. The Bertz CT molecular complexity index is 580. The minimum atomic E-state index is -0.652. The molecule has 6 nitrogen and oxygen atoms in total. The Labute approximate surface area is 143 Å². The van der Waals surface area contributed by atoms with E-state index in [1.165, 1.54) is 4.90 Å². The molecule has 6 heteroatoms. The molecule has 3 amide bonds. The summed E-state index contributed by atoms with van der Waals surface area (Å²) in [5.41, 5.74) is 1.06. The second-order valence-electron chi connectivity index (χ2n) is 6.42. The maximum absolute atomic E-state index is 12.4. The summed E-state index contributed by atoms with van der Waals surface area (Å²) in [4.78, 5) is 25.6. The third-order valence-electron chi connectivity index (χ3n) is 4.41. The third-order valence-corrected chi connectivity index (χ3v) is 4.41. The van der Waals surface area contributed by atoms with Crippen LogP contribution in [0.5, 0.6) is 0 Å². The standard InChI is InChI=1S/C18H27N3O3/c1-5-24-18(11-6-12-18)16(22)20-15-9-7-14(8-10-15)13(2)19-17(23)21(3)4/h7-10,13H,5-6,11-12H2,1-4H3,(H,19,23)(H,20,22). The molecular formula is C18H27N3O3. The molecule has 1 atom stereocenters. The molecule has 1 fully saturated rings. The molecule has 2 rings (SSSR count). The number of carbonyl (C=O) groups is 2. The maximum Gasteiger partial charge on any atom is 0.317 e. The lowest BCUT2D eigenvalue weighted by atomic mass is 9.79. The molecule has 0 spiro atoms. The summed E-state index contributed by atoms with van der Waals surface area (Å²) in [5.74, 6) is -0.0719. The van der Waals surface area contributed by atoms with Crippen molar-refractivity contribution in [1.82, 2.24) is 10.2 Å². The first-order valence-electron chi connectivity index (χ1n) is 8.41. The van der Waals surface area contributed by atoms with E-state index >= 15 is 0 Å². The van der Waals surface area contributed by atoms with Gasteiger partial charge in [-0.25, -0.2) is 4.79 Å². The lowest BCUT2D eigenvalue weighted by Gasteiger charge is -2.39. The summed E-state index contributed by atoms with van der Waals surface area (Å²) in [5, 5.41) is 5.83. The van der Waals surface area contributed by atoms with Gasteiger partial charge in [0.05, 0.1) is 6.04 Å². The molecule has 0 heterocycles. The van der Waals surface area contributed by atoms with Gasteiger partial charge < -0.3 is 20.3 Å². The summed E-state index contributed by atoms with van der Waals surface area (Å²) in [6, 6.07) is 7.28. The van der Waals surface area contributed by atoms with E-state index < -0.39 is 5.60 Å². The van der Waals surface area contributed by atoms with Crippen LogP contribution in [0.25, 0.3) is 0 Å². The zero-order valence-electron chi connectivity index (χ0n) is 14.9. The van der Waals surface area contributed by atoms with Crippen molar-refractivity contribution in [3.05, 3.63) is 29.8 Å². The molecule has 132 valence electrons. The van der Waals surface area contributed by atoms with Gasteiger partial charge in [-0.15, -0.1) is 0 Å². The highest BCUT2D eigenvalue weighted by Crippen LogP contribution is 2.36. The second-order valence-corrected chi connectivity index (χ2v) is 6.42. The van der Waals surface area contributed by atoms with Gasteiger partial charge in [0.2, 0.25) is 0 Å². The van der Waals surface area contributed by atoms with Crippen molar-refractivity contribution in [3.8, 4) is 0 Å². The number of ether oxygens (including phenoxy) is 1. The predicted octanol–water partition coefficient (Wildman–Crippen LogP) is 2.92. The molecule has 24 heavy (non-hydrogen) atoms. The monoisotopic (exact) mass is 333 g/mol. The average Bonchev–Trinajstić information content (AvgIpc) is 2.51. The number of nitrogens with zero attached hydrogens (tertiary/aromatic N) is 1. The molecule has 0 bridgehead atoms. The summed E-state index contributed by atoms with van der Waals surface area (Å²) < 4.78 is 5.66. The van der Waals surface area contributed by atoms with Crippen LogP contribution in [-0.4, -0.2) is 43.1 Å². The average molecular weight is 333 g/mol. The summed E-state index contributed by atoms with van der Waals surface area (Å²) >= 11 is 0. The van der Waals surface area contributed by atoms with Gasteiger partial charge in [-0.05, 0) is 50.8 Å². The molecule has 0 aromatic heterocycles. The normalized spacial score (nSPS) is 16.7. The fourth-order valence-electron chi connectivity index (χ4n) is 2.71. The zero-order valence-corrected chi connectivity index (χ0v) is 14.9. The fraction of sp³-hybridized carbons (Fsp3) is 0.556. The topological polar surface area (TPSA) is 70.7 Å². The van der Waals surface area contributed by atoms with Gasteiger partial charge in [-0.1, -0.05) is 12.1 Å². The number of amides is 3. The lowest BCUT2D eigenvalue weighted by Crippen LogP contribution is -2.51. The highest BCUT2D eigenvalue weighted by molar-refractivity contribution is 5.98. The van der Waals surface area contributed by atoms with E-state index in [0.29, 0.717) is 6.61 Å². The lowest BCUT2D eigenvalue weighted by molar-refractivity contribution is -0.153. The van der Waals surface area contributed by atoms with Crippen molar-refractivity contribution < 1.29 is 14.3 Å². The van der Waals surface area contributed by atoms with E-state index in [4.69, 9.17) is 4.74 Å². The molecule has 0 saturated heterocycles. The van der Waals surface area contributed by atoms with Crippen LogP contribution in [0.2, 0.25) is 0 Å². The van der Waals surface area contributed by atoms with Crippen molar-refractivity contribution in [2.75, 3.05) is 26.0 Å².